The molecule has 26 heavy (non-hydrogen) atoms. The first kappa shape index (κ1) is 16.9. The van der Waals surface area contributed by atoms with Gasteiger partial charge in [0, 0.05) is 14.1 Å². The standard InChI is InChI=1S/C19H25N5O2/c1-19(2)10-9-13(11-7-5-6-8-12(11)19)20-17-21-15-14(23(17)3)16(25)22-18(26)24(15)4/h5-8,13-15H,9-10H2,1-4H3,(H,20,21)(H,22,25,26). The minimum Gasteiger partial charge on any atom is -0.349 e. The Morgan fingerprint density at radius 3 is 2.69 bits per heavy atom. The van der Waals surface area contributed by atoms with Crippen molar-refractivity contribution in [3.8, 4) is 0 Å². The molecule has 1 saturated heterocycles. The van der Waals surface area contributed by atoms with E-state index < -0.39 is 18.2 Å². The Labute approximate surface area is 153 Å². The number of nitrogens with zero attached hydrogens (tertiary/aromatic N) is 3. The van der Waals surface area contributed by atoms with Gasteiger partial charge in [-0.3, -0.25) is 10.1 Å². The molecule has 2 N–H and O–H groups in total. The molecule has 3 atom stereocenters. The molecule has 2 aliphatic heterocycles. The van der Waals surface area contributed by atoms with Gasteiger partial charge in [0.15, 0.2) is 18.2 Å². The van der Waals surface area contributed by atoms with Crippen molar-refractivity contribution >= 4 is 17.9 Å². The van der Waals surface area contributed by atoms with Crippen molar-refractivity contribution in [3.05, 3.63) is 35.4 Å². The summed E-state index contributed by atoms with van der Waals surface area (Å²) in [6.45, 7) is 4.56. The summed E-state index contributed by atoms with van der Waals surface area (Å²) in [4.78, 5) is 32.1. The highest BCUT2D eigenvalue weighted by Crippen LogP contribution is 2.41. The topological polar surface area (TPSA) is 77.0 Å². The van der Waals surface area contributed by atoms with E-state index in [-0.39, 0.29) is 17.4 Å². The van der Waals surface area contributed by atoms with E-state index in [9.17, 15) is 9.59 Å². The van der Waals surface area contributed by atoms with Gasteiger partial charge in [0.1, 0.15) is 0 Å². The number of urea groups is 1. The predicted octanol–water partition coefficient (Wildman–Crippen LogP) is 1.57. The molecule has 0 aromatic heterocycles. The first-order valence-corrected chi connectivity index (χ1v) is 9.04. The average molecular weight is 355 g/mol. The van der Waals surface area contributed by atoms with Crippen molar-refractivity contribution in [2.24, 2.45) is 4.99 Å². The SMILES string of the molecule is CN1C(=O)NC(=O)C2C1N=C(NC1CCC(C)(C)c3ccccc31)N2C. The maximum Gasteiger partial charge on any atom is 0.325 e. The molecule has 7 nitrogen and oxygen atoms in total. The number of rotatable bonds is 1. The molecule has 2 heterocycles. The molecule has 138 valence electrons. The van der Waals surface area contributed by atoms with Crippen molar-refractivity contribution < 1.29 is 9.59 Å². The van der Waals surface area contributed by atoms with Gasteiger partial charge in [-0.05, 0) is 29.4 Å². The van der Waals surface area contributed by atoms with Gasteiger partial charge in [0.2, 0.25) is 0 Å². The van der Waals surface area contributed by atoms with Crippen LogP contribution in [-0.4, -0.2) is 54.0 Å². The average Bonchev–Trinajstić information content (AvgIpc) is 2.93. The van der Waals surface area contributed by atoms with E-state index in [0.717, 1.165) is 12.8 Å². The van der Waals surface area contributed by atoms with Gasteiger partial charge >= 0.3 is 6.03 Å². The van der Waals surface area contributed by atoms with E-state index in [4.69, 9.17) is 0 Å². The van der Waals surface area contributed by atoms with Crippen LogP contribution in [0, 0.1) is 0 Å². The van der Waals surface area contributed by atoms with Gasteiger partial charge in [-0.25, -0.2) is 9.79 Å². The summed E-state index contributed by atoms with van der Waals surface area (Å²) in [5.41, 5.74) is 2.79. The third kappa shape index (κ3) is 2.45. The fourth-order valence-corrected chi connectivity index (χ4v) is 4.27. The Morgan fingerprint density at radius 1 is 1.19 bits per heavy atom. The number of nitrogens with one attached hydrogen (secondary N) is 2. The minimum atomic E-state index is -0.490. The highest BCUT2D eigenvalue weighted by molar-refractivity contribution is 6.03. The van der Waals surface area contributed by atoms with E-state index in [0.29, 0.717) is 5.96 Å². The quantitative estimate of drug-likeness (QED) is 0.802. The summed E-state index contributed by atoms with van der Waals surface area (Å²) >= 11 is 0. The zero-order valence-electron chi connectivity index (χ0n) is 15.6. The number of imide groups is 1. The third-order valence-electron chi connectivity index (χ3n) is 5.93. The summed E-state index contributed by atoms with van der Waals surface area (Å²) in [5, 5.41) is 5.92. The number of aliphatic imine (C=N–C) groups is 1. The minimum absolute atomic E-state index is 0.143. The van der Waals surface area contributed by atoms with E-state index in [1.165, 1.54) is 16.0 Å². The van der Waals surface area contributed by atoms with Crippen LogP contribution in [0.2, 0.25) is 0 Å². The Bertz CT molecular complexity index is 803. The van der Waals surface area contributed by atoms with Gasteiger partial charge in [0.05, 0.1) is 6.04 Å². The lowest BCUT2D eigenvalue weighted by atomic mass is 9.71. The summed E-state index contributed by atoms with van der Waals surface area (Å²) in [6, 6.07) is 7.76. The van der Waals surface area contributed by atoms with Gasteiger partial charge in [-0.1, -0.05) is 38.1 Å². The summed E-state index contributed by atoms with van der Waals surface area (Å²) in [7, 11) is 3.51. The van der Waals surface area contributed by atoms with E-state index >= 15 is 0 Å². The molecule has 1 aromatic rings. The number of carbonyl (C=O) groups is 2. The van der Waals surface area contributed by atoms with Crippen LogP contribution in [0.4, 0.5) is 4.79 Å². The molecule has 0 spiro atoms. The fraction of sp³-hybridized carbons (Fsp3) is 0.526. The van der Waals surface area contributed by atoms with Crippen LogP contribution in [0.1, 0.15) is 43.9 Å². The lowest BCUT2D eigenvalue weighted by Crippen LogP contribution is -2.63. The monoisotopic (exact) mass is 355 g/mol. The molecule has 1 aromatic carbocycles. The Kier molecular flexibility index (Phi) is 3.71. The van der Waals surface area contributed by atoms with Gasteiger partial charge in [-0.15, -0.1) is 0 Å². The lowest BCUT2D eigenvalue weighted by Gasteiger charge is -2.38. The first-order valence-electron chi connectivity index (χ1n) is 9.04. The molecular formula is C19H25N5O2. The lowest BCUT2D eigenvalue weighted by molar-refractivity contribution is -0.126. The third-order valence-corrected chi connectivity index (χ3v) is 5.93. The largest absolute Gasteiger partial charge is 0.349 e. The van der Waals surface area contributed by atoms with E-state index in [1.807, 2.05) is 11.9 Å². The molecule has 3 aliphatic rings. The number of benzene rings is 1. The maximum atomic E-state index is 12.3. The zero-order chi connectivity index (χ0) is 18.6. The van der Waals surface area contributed by atoms with Gasteiger partial charge in [-0.2, -0.15) is 0 Å². The number of guanidine groups is 1. The van der Waals surface area contributed by atoms with Crippen molar-refractivity contribution in [1.82, 2.24) is 20.4 Å². The second-order valence-corrected chi connectivity index (χ2v) is 8.03. The molecule has 3 unspecified atom stereocenters. The summed E-state index contributed by atoms with van der Waals surface area (Å²) < 4.78 is 0. The molecule has 0 bridgehead atoms. The van der Waals surface area contributed by atoms with Crippen LogP contribution >= 0.6 is 0 Å². The molecule has 1 aliphatic carbocycles. The van der Waals surface area contributed by atoms with Crippen LogP contribution in [0.3, 0.4) is 0 Å². The number of hydrogen-bond acceptors (Lipinski definition) is 5. The van der Waals surface area contributed by atoms with Gasteiger partial charge in [0.25, 0.3) is 5.91 Å². The molecule has 7 heteroatoms. The van der Waals surface area contributed by atoms with Crippen LogP contribution in [0.5, 0.6) is 0 Å². The fourth-order valence-electron chi connectivity index (χ4n) is 4.27. The second-order valence-electron chi connectivity index (χ2n) is 8.03. The highest BCUT2D eigenvalue weighted by atomic mass is 16.2. The zero-order valence-corrected chi connectivity index (χ0v) is 15.6. The van der Waals surface area contributed by atoms with Crippen LogP contribution in [0.25, 0.3) is 0 Å². The first-order chi connectivity index (χ1) is 12.3. The Balaban J connectivity index is 1.62. The molecular weight excluding hydrogens is 330 g/mol. The number of hydrogen-bond donors (Lipinski definition) is 2. The van der Waals surface area contributed by atoms with Crippen LogP contribution in [0.15, 0.2) is 29.3 Å². The molecule has 4 rings (SSSR count). The number of carbonyl (C=O) groups excluding carboxylic acids is 2. The Hall–Kier alpha value is -2.57. The Morgan fingerprint density at radius 2 is 1.92 bits per heavy atom. The molecule has 3 amide bonds. The number of likely N-dealkylation sites (N-methyl/N-ethyl adjacent to an activating group) is 2. The summed E-state index contributed by atoms with van der Waals surface area (Å²) in [5.74, 6) is 0.363. The number of fused-ring (bicyclic) bond motifs is 2. The molecule has 0 saturated carbocycles. The van der Waals surface area contributed by atoms with Crippen LogP contribution < -0.4 is 10.6 Å². The maximum absolute atomic E-state index is 12.3. The smallest absolute Gasteiger partial charge is 0.325 e. The number of amides is 3. The normalized spacial score (nSPS) is 29.7. The van der Waals surface area contributed by atoms with Gasteiger partial charge < -0.3 is 15.1 Å². The summed E-state index contributed by atoms with van der Waals surface area (Å²) in [6.07, 6.45) is 1.58. The molecule has 0 radical (unpaired) electrons. The van der Waals surface area contributed by atoms with E-state index in [2.05, 4.69) is 53.7 Å². The van der Waals surface area contributed by atoms with Crippen molar-refractivity contribution in [1.29, 1.82) is 0 Å². The van der Waals surface area contributed by atoms with E-state index in [1.54, 1.807) is 7.05 Å². The van der Waals surface area contributed by atoms with Crippen LogP contribution in [-0.2, 0) is 10.2 Å². The molecule has 1 fully saturated rings. The second kappa shape index (κ2) is 5.72. The van der Waals surface area contributed by atoms with Crippen molar-refractivity contribution in [3.63, 3.8) is 0 Å². The van der Waals surface area contributed by atoms with Crippen molar-refractivity contribution in [2.45, 2.75) is 50.4 Å². The highest BCUT2D eigenvalue weighted by Gasteiger charge is 2.47. The predicted molar refractivity (Wildman–Crippen MR) is 98.7 cm³/mol. The van der Waals surface area contributed by atoms with Crippen molar-refractivity contribution in [2.75, 3.05) is 14.1 Å².